The number of amides is 1. The molecule has 1 N–H and O–H groups in total. The van der Waals surface area contributed by atoms with Crippen LogP contribution in [-0.2, 0) is 21.4 Å². The van der Waals surface area contributed by atoms with E-state index in [9.17, 15) is 13.2 Å². The SMILES string of the molecule is C[C@H](C(=O)Nc1ccc(S(=O)(=O)N2CCCC2)cc1)N1CCN(Cc2ccc3c(c2)OCO3)CC1. The van der Waals surface area contributed by atoms with E-state index in [1.807, 2.05) is 19.1 Å². The van der Waals surface area contributed by atoms with Crippen LogP contribution in [0.25, 0.3) is 0 Å². The Bertz CT molecular complexity index is 1160. The quantitative estimate of drug-likeness (QED) is 0.624. The molecule has 3 heterocycles. The highest BCUT2D eigenvalue weighted by molar-refractivity contribution is 7.89. The number of sulfonamides is 1. The zero-order valence-electron chi connectivity index (χ0n) is 20.0. The average Bonchev–Trinajstić information content (AvgIpc) is 3.57. The number of benzene rings is 2. The fourth-order valence-corrected chi connectivity index (χ4v) is 6.32. The molecule has 3 aliphatic heterocycles. The molecule has 188 valence electrons. The Morgan fingerprint density at radius 1 is 0.943 bits per heavy atom. The van der Waals surface area contributed by atoms with Gasteiger partial charge in [-0.1, -0.05) is 6.07 Å². The molecular weight excluding hydrogens is 468 g/mol. The second-order valence-electron chi connectivity index (χ2n) is 9.30. The van der Waals surface area contributed by atoms with E-state index in [0.29, 0.717) is 18.8 Å². The first kappa shape index (κ1) is 24.1. The number of nitrogens with zero attached hydrogens (tertiary/aromatic N) is 3. The smallest absolute Gasteiger partial charge is 0.243 e. The molecule has 2 aromatic carbocycles. The maximum Gasteiger partial charge on any atom is 0.243 e. The van der Waals surface area contributed by atoms with Crippen molar-refractivity contribution in [2.75, 3.05) is 51.4 Å². The van der Waals surface area contributed by atoms with Crippen molar-refractivity contribution in [2.45, 2.75) is 37.2 Å². The molecule has 2 fully saturated rings. The van der Waals surface area contributed by atoms with Gasteiger partial charge in [0.2, 0.25) is 22.7 Å². The van der Waals surface area contributed by atoms with Crippen LogP contribution in [0.4, 0.5) is 5.69 Å². The monoisotopic (exact) mass is 500 g/mol. The molecule has 0 bridgehead atoms. The van der Waals surface area contributed by atoms with Gasteiger partial charge in [-0.15, -0.1) is 0 Å². The minimum Gasteiger partial charge on any atom is -0.454 e. The zero-order chi connectivity index (χ0) is 24.4. The van der Waals surface area contributed by atoms with Gasteiger partial charge in [0.25, 0.3) is 0 Å². The summed E-state index contributed by atoms with van der Waals surface area (Å²) in [4.78, 5) is 17.7. The van der Waals surface area contributed by atoms with Gasteiger partial charge < -0.3 is 14.8 Å². The fraction of sp³-hybridized carbons (Fsp3) is 0.480. The minimum absolute atomic E-state index is 0.0932. The van der Waals surface area contributed by atoms with Crippen molar-refractivity contribution in [3.8, 4) is 11.5 Å². The number of nitrogens with one attached hydrogen (secondary N) is 1. The van der Waals surface area contributed by atoms with Crippen molar-refractivity contribution >= 4 is 21.6 Å². The predicted molar refractivity (Wildman–Crippen MR) is 132 cm³/mol. The fourth-order valence-electron chi connectivity index (χ4n) is 4.81. The lowest BCUT2D eigenvalue weighted by Gasteiger charge is -2.37. The summed E-state index contributed by atoms with van der Waals surface area (Å²) in [6.07, 6.45) is 1.80. The largest absolute Gasteiger partial charge is 0.454 e. The van der Waals surface area contributed by atoms with Gasteiger partial charge in [0, 0.05) is 51.5 Å². The van der Waals surface area contributed by atoms with E-state index in [1.165, 1.54) is 9.87 Å². The summed E-state index contributed by atoms with van der Waals surface area (Å²) in [6, 6.07) is 12.2. The molecule has 2 aromatic rings. The van der Waals surface area contributed by atoms with E-state index in [0.717, 1.165) is 57.1 Å². The Labute approximate surface area is 206 Å². The van der Waals surface area contributed by atoms with Crippen molar-refractivity contribution in [1.82, 2.24) is 14.1 Å². The third-order valence-electron chi connectivity index (χ3n) is 7.00. The van der Waals surface area contributed by atoms with Gasteiger partial charge in [-0.05, 0) is 61.7 Å². The van der Waals surface area contributed by atoms with E-state index in [-0.39, 0.29) is 23.6 Å². The van der Waals surface area contributed by atoms with Gasteiger partial charge in [0.15, 0.2) is 11.5 Å². The molecule has 0 saturated carbocycles. The van der Waals surface area contributed by atoms with Gasteiger partial charge >= 0.3 is 0 Å². The number of piperazine rings is 1. The minimum atomic E-state index is -3.45. The van der Waals surface area contributed by atoms with Crippen LogP contribution in [0.2, 0.25) is 0 Å². The van der Waals surface area contributed by atoms with Crippen LogP contribution in [0.1, 0.15) is 25.3 Å². The summed E-state index contributed by atoms with van der Waals surface area (Å²) in [5, 5.41) is 2.93. The van der Waals surface area contributed by atoms with Gasteiger partial charge in [-0.25, -0.2) is 8.42 Å². The Kier molecular flexibility index (Phi) is 6.97. The highest BCUT2D eigenvalue weighted by Crippen LogP contribution is 2.33. The Balaban J connectivity index is 1.11. The first-order valence-corrected chi connectivity index (χ1v) is 13.6. The van der Waals surface area contributed by atoms with E-state index in [4.69, 9.17) is 9.47 Å². The number of hydrogen-bond donors (Lipinski definition) is 1. The number of rotatable bonds is 7. The first-order valence-electron chi connectivity index (χ1n) is 12.2. The number of carbonyl (C=O) groups excluding carboxylic acids is 1. The number of carbonyl (C=O) groups is 1. The zero-order valence-corrected chi connectivity index (χ0v) is 20.8. The molecule has 1 amide bonds. The molecule has 0 unspecified atom stereocenters. The maximum atomic E-state index is 12.9. The van der Waals surface area contributed by atoms with Gasteiger partial charge in [-0.3, -0.25) is 14.6 Å². The molecule has 1 atom stereocenters. The number of anilines is 1. The first-order chi connectivity index (χ1) is 16.9. The third kappa shape index (κ3) is 5.30. The lowest BCUT2D eigenvalue weighted by atomic mass is 10.1. The number of fused-ring (bicyclic) bond motifs is 1. The van der Waals surface area contributed by atoms with Crippen molar-refractivity contribution in [2.24, 2.45) is 0 Å². The molecule has 0 aromatic heterocycles. The van der Waals surface area contributed by atoms with E-state index in [1.54, 1.807) is 24.3 Å². The lowest BCUT2D eigenvalue weighted by molar-refractivity contribution is -0.121. The molecule has 0 radical (unpaired) electrons. The maximum absolute atomic E-state index is 12.9. The van der Waals surface area contributed by atoms with E-state index in [2.05, 4.69) is 21.2 Å². The predicted octanol–water partition coefficient (Wildman–Crippen LogP) is 2.34. The third-order valence-corrected chi connectivity index (χ3v) is 8.91. The Morgan fingerprint density at radius 3 is 2.34 bits per heavy atom. The highest BCUT2D eigenvalue weighted by Gasteiger charge is 2.28. The van der Waals surface area contributed by atoms with E-state index >= 15 is 0 Å². The summed E-state index contributed by atoms with van der Waals surface area (Å²) in [7, 11) is -3.45. The van der Waals surface area contributed by atoms with Crippen molar-refractivity contribution < 1.29 is 22.7 Å². The molecule has 3 aliphatic rings. The highest BCUT2D eigenvalue weighted by atomic mass is 32.2. The standard InChI is InChI=1S/C25H32N4O5S/c1-19(25(30)26-21-5-7-22(8-6-21)35(31,32)29-10-2-3-11-29)28-14-12-27(13-15-28)17-20-4-9-23-24(16-20)34-18-33-23/h4-9,16,19H,2-3,10-15,17-18H2,1H3,(H,26,30)/t19-/m1/s1. The summed E-state index contributed by atoms with van der Waals surface area (Å²) in [5.74, 6) is 1.50. The molecule has 0 aliphatic carbocycles. The van der Waals surface area contributed by atoms with Crippen molar-refractivity contribution in [3.05, 3.63) is 48.0 Å². The van der Waals surface area contributed by atoms with Gasteiger partial charge in [-0.2, -0.15) is 4.31 Å². The Morgan fingerprint density at radius 2 is 1.63 bits per heavy atom. The normalized spacial score (nSPS) is 20.1. The molecule has 5 rings (SSSR count). The van der Waals surface area contributed by atoms with Crippen molar-refractivity contribution in [3.63, 3.8) is 0 Å². The summed E-state index contributed by atoms with van der Waals surface area (Å²) >= 11 is 0. The van der Waals surface area contributed by atoms with Crippen LogP contribution in [0.5, 0.6) is 11.5 Å². The second-order valence-corrected chi connectivity index (χ2v) is 11.2. The van der Waals surface area contributed by atoms with Crippen LogP contribution in [-0.4, -0.2) is 80.5 Å². The van der Waals surface area contributed by atoms with Gasteiger partial charge in [0.05, 0.1) is 10.9 Å². The molecule has 35 heavy (non-hydrogen) atoms. The lowest BCUT2D eigenvalue weighted by Crippen LogP contribution is -2.52. The molecule has 0 spiro atoms. The number of ether oxygens (including phenoxy) is 2. The number of hydrogen-bond acceptors (Lipinski definition) is 7. The van der Waals surface area contributed by atoms with Crippen LogP contribution >= 0.6 is 0 Å². The molecule has 9 nitrogen and oxygen atoms in total. The van der Waals surface area contributed by atoms with Crippen LogP contribution < -0.4 is 14.8 Å². The second kappa shape index (κ2) is 10.1. The van der Waals surface area contributed by atoms with Crippen LogP contribution in [0, 0.1) is 0 Å². The average molecular weight is 501 g/mol. The summed E-state index contributed by atoms with van der Waals surface area (Å²) in [6.45, 7) is 7.50. The summed E-state index contributed by atoms with van der Waals surface area (Å²) in [5.41, 5.74) is 1.78. The van der Waals surface area contributed by atoms with E-state index < -0.39 is 10.0 Å². The van der Waals surface area contributed by atoms with Crippen LogP contribution in [0.15, 0.2) is 47.4 Å². The molecule has 2 saturated heterocycles. The molecule has 10 heteroatoms. The van der Waals surface area contributed by atoms with Crippen LogP contribution in [0.3, 0.4) is 0 Å². The van der Waals surface area contributed by atoms with Gasteiger partial charge in [0.1, 0.15) is 0 Å². The van der Waals surface area contributed by atoms with Crippen molar-refractivity contribution in [1.29, 1.82) is 0 Å². The Hall–Kier alpha value is -2.66. The molecular formula is C25H32N4O5S. The topological polar surface area (TPSA) is 91.4 Å². The summed E-state index contributed by atoms with van der Waals surface area (Å²) < 4.78 is 37.8.